The topological polar surface area (TPSA) is 44.1 Å². The fourth-order valence-corrected chi connectivity index (χ4v) is 4.14. The molecule has 0 amide bonds. The van der Waals surface area contributed by atoms with Crippen molar-refractivity contribution in [1.29, 1.82) is 0 Å². The minimum atomic E-state index is 0.107. The molecule has 0 fully saturated rings. The molecule has 0 unspecified atom stereocenters. The van der Waals surface area contributed by atoms with Gasteiger partial charge in [-0.2, -0.15) is 0 Å². The van der Waals surface area contributed by atoms with E-state index in [-0.39, 0.29) is 5.56 Å². The number of aryl methyl sites for hydroxylation is 2. The van der Waals surface area contributed by atoms with E-state index in [1.807, 2.05) is 11.5 Å². The lowest BCUT2D eigenvalue weighted by atomic mass is 10.2. The maximum Gasteiger partial charge on any atom is 0.263 e. The second kappa shape index (κ2) is 7.42. The summed E-state index contributed by atoms with van der Waals surface area (Å²) >= 11 is 3.21. The quantitative estimate of drug-likeness (QED) is 0.443. The zero-order valence-corrected chi connectivity index (χ0v) is 14.7. The van der Waals surface area contributed by atoms with Crippen molar-refractivity contribution in [1.82, 2.24) is 9.55 Å². The Bertz CT molecular complexity index is 676. The Hall–Kier alpha value is -0.850. The van der Waals surface area contributed by atoms with Gasteiger partial charge in [-0.3, -0.25) is 9.36 Å². The van der Waals surface area contributed by atoms with E-state index in [4.69, 9.17) is 9.72 Å². The molecule has 2 aromatic rings. The summed E-state index contributed by atoms with van der Waals surface area (Å²) in [5, 5.41) is 1.61. The van der Waals surface area contributed by atoms with Gasteiger partial charge in [-0.15, -0.1) is 11.3 Å². The lowest BCUT2D eigenvalue weighted by Gasteiger charge is -2.11. The number of hydrogen-bond donors (Lipinski definition) is 0. The molecule has 2 aromatic heterocycles. The number of hydrogen-bond acceptors (Lipinski definition) is 5. The second-order valence-corrected chi connectivity index (χ2v) is 7.27. The van der Waals surface area contributed by atoms with Crippen molar-refractivity contribution in [2.45, 2.75) is 45.3 Å². The molecule has 21 heavy (non-hydrogen) atoms. The predicted octanol–water partition coefficient (Wildman–Crippen LogP) is 3.61. The molecule has 2 rings (SSSR count). The van der Waals surface area contributed by atoms with Crippen LogP contribution < -0.4 is 5.56 Å². The molecule has 0 N–H and O–H groups in total. The van der Waals surface area contributed by atoms with Gasteiger partial charge in [0.25, 0.3) is 5.56 Å². The van der Waals surface area contributed by atoms with Crippen LogP contribution in [-0.4, -0.2) is 29.0 Å². The third kappa shape index (κ3) is 3.49. The predicted molar refractivity (Wildman–Crippen MR) is 90.9 cm³/mol. The van der Waals surface area contributed by atoms with Gasteiger partial charge >= 0.3 is 0 Å². The van der Waals surface area contributed by atoms with E-state index in [1.54, 1.807) is 30.2 Å². The summed E-state index contributed by atoms with van der Waals surface area (Å²) in [5.74, 6) is 0.809. The standard InChI is InChI=1S/C15H22N2O2S2/c1-5-6-7-17-14(18)12-10(2)11(3)21-13(12)16-15(17)20-9-8-19-4/h5-9H2,1-4H3. The summed E-state index contributed by atoms with van der Waals surface area (Å²) in [5.41, 5.74) is 1.18. The van der Waals surface area contributed by atoms with Crippen molar-refractivity contribution in [2.75, 3.05) is 19.5 Å². The highest BCUT2D eigenvalue weighted by atomic mass is 32.2. The van der Waals surface area contributed by atoms with E-state index in [9.17, 15) is 4.79 Å². The first-order valence-corrected chi connectivity index (χ1v) is 9.02. The summed E-state index contributed by atoms with van der Waals surface area (Å²) in [7, 11) is 1.69. The van der Waals surface area contributed by atoms with E-state index in [0.717, 1.165) is 46.1 Å². The third-order valence-corrected chi connectivity index (χ3v) is 5.55. The molecule has 6 heteroatoms. The number of thioether (sulfide) groups is 1. The highest BCUT2D eigenvalue weighted by Crippen LogP contribution is 2.28. The average molecular weight is 326 g/mol. The lowest BCUT2D eigenvalue weighted by Crippen LogP contribution is -2.23. The average Bonchev–Trinajstić information content (AvgIpc) is 2.74. The number of ether oxygens (including phenoxy) is 1. The summed E-state index contributed by atoms with van der Waals surface area (Å²) in [6.07, 6.45) is 2.06. The molecule has 0 atom stereocenters. The molecule has 0 aliphatic heterocycles. The van der Waals surface area contributed by atoms with Crippen LogP contribution in [0.1, 0.15) is 30.2 Å². The monoisotopic (exact) mass is 326 g/mol. The Morgan fingerprint density at radius 2 is 2.14 bits per heavy atom. The summed E-state index contributed by atoms with van der Waals surface area (Å²) < 4.78 is 6.93. The molecule has 0 saturated heterocycles. The molecule has 0 aliphatic carbocycles. The lowest BCUT2D eigenvalue weighted by molar-refractivity contribution is 0.218. The molecular weight excluding hydrogens is 304 g/mol. The molecule has 0 spiro atoms. The first kappa shape index (κ1) is 16.5. The van der Waals surface area contributed by atoms with E-state index in [2.05, 4.69) is 13.8 Å². The summed E-state index contributed by atoms with van der Waals surface area (Å²) in [6.45, 7) is 7.60. The maximum atomic E-state index is 12.8. The molecular formula is C15H22N2O2S2. The molecule has 0 aliphatic rings. The fourth-order valence-electron chi connectivity index (χ4n) is 2.15. The highest BCUT2D eigenvalue weighted by Gasteiger charge is 2.16. The van der Waals surface area contributed by atoms with Crippen LogP contribution in [0.4, 0.5) is 0 Å². The first-order chi connectivity index (χ1) is 10.1. The normalized spacial score (nSPS) is 11.4. The number of fused-ring (bicyclic) bond motifs is 1. The van der Waals surface area contributed by atoms with Gasteiger partial charge in [-0.25, -0.2) is 4.98 Å². The van der Waals surface area contributed by atoms with Gasteiger partial charge < -0.3 is 4.74 Å². The summed E-state index contributed by atoms with van der Waals surface area (Å²) in [4.78, 5) is 19.6. The van der Waals surface area contributed by atoms with E-state index in [0.29, 0.717) is 6.61 Å². The molecule has 0 saturated carbocycles. The van der Waals surface area contributed by atoms with E-state index >= 15 is 0 Å². The van der Waals surface area contributed by atoms with Gasteiger partial charge in [0, 0.05) is 24.3 Å². The zero-order chi connectivity index (χ0) is 15.4. The second-order valence-electron chi connectivity index (χ2n) is 5.01. The third-order valence-electron chi connectivity index (χ3n) is 3.51. The Morgan fingerprint density at radius 3 is 2.81 bits per heavy atom. The highest BCUT2D eigenvalue weighted by molar-refractivity contribution is 7.99. The van der Waals surface area contributed by atoms with Crippen molar-refractivity contribution in [3.8, 4) is 0 Å². The Labute approximate surface area is 133 Å². The number of rotatable bonds is 7. The van der Waals surface area contributed by atoms with Crippen LogP contribution in [0.25, 0.3) is 10.2 Å². The molecule has 0 bridgehead atoms. The molecule has 0 aromatic carbocycles. The van der Waals surface area contributed by atoms with Gasteiger partial charge in [0.1, 0.15) is 4.83 Å². The number of nitrogens with zero attached hydrogens (tertiary/aromatic N) is 2. The Balaban J connectivity index is 2.50. The minimum absolute atomic E-state index is 0.107. The molecule has 2 heterocycles. The van der Waals surface area contributed by atoms with Crippen LogP contribution in [0, 0.1) is 13.8 Å². The van der Waals surface area contributed by atoms with Crippen LogP contribution in [-0.2, 0) is 11.3 Å². The van der Waals surface area contributed by atoms with E-state index < -0.39 is 0 Å². The minimum Gasteiger partial charge on any atom is -0.384 e. The van der Waals surface area contributed by atoms with Gasteiger partial charge in [0.15, 0.2) is 5.16 Å². The molecule has 0 radical (unpaired) electrons. The smallest absolute Gasteiger partial charge is 0.263 e. The Kier molecular flexibility index (Phi) is 5.84. The van der Waals surface area contributed by atoms with Crippen molar-refractivity contribution in [3.63, 3.8) is 0 Å². The fraction of sp³-hybridized carbons (Fsp3) is 0.600. The van der Waals surface area contributed by atoms with Crippen molar-refractivity contribution in [2.24, 2.45) is 0 Å². The zero-order valence-electron chi connectivity index (χ0n) is 13.1. The van der Waals surface area contributed by atoms with Crippen LogP contribution in [0.5, 0.6) is 0 Å². The number of unbranched alkanes of at least 4 members (excludes halogenated alkanes) is 1. The summed E-state index contributed by atoms with van der Waals surface area (Å²) in [6, 6.07) is 0. The van der Waals surface area contributed by atoms with E-state index in [1.165, 1.54) is 4.88 Å². The number of thiophene rings is 1. The molecule has 4 nitrogen and oxygen atoms in total. The van der Waals surface area contributed by atoms with Crippen molar-refractivity contribution < 1.29 is 4.74 Å². The van der Waals surface area contributed by atoms with Gasteiger partial charge in [-0.1, -0.05) is 25.1 Å². The maximum absolute atomic E-state index is 12.8. The van der Waals surface area contributed by atoms with Crippen LogP contribution in [0.2, 0.25) is 0 Å². The van der Waals surface area contributed by atoms with Gasteiger partial charge in [0.05, 0.1) is 12.0 Å². The van der Waals surface area contributed by atoms with Crippen LogP contribution in [0.15, 0.2) is 9.95 Å². The molecule has 116 valence electrons. The van der Waals surface area contributed by atoms with Crippen molar-refractivity contribution >= 4 is 33.3 Å². The SMILES string of the molecule is CCCCn1c(SCCOC)nc2sc(C)c(C)c2c1=O. The number of methoxy groups -OCH3 is 1. The van der Waals surface area contributed by atoms with Crippen LogP contribution in [0.3, 0.4) is 0 Å². The van der Waals surface area contributed by atoms with Crippen molar-refractivity contribution in [3.05, 3.63) is 20.8 Å². The van der Waals surface area contributed by atoms with Gasteiger partial charge in [0.2, 0.25) is 0 Å². The Morgan fingerprint density at radius 1 is 1.38 bits per heavy atom. The van der Waals surface area contributed by atoms with Crippen LogP contribution >= 0.6 is 23.1 Å². The first-order valence-electron chi connectivity index (χ1n) is 7.22. The number of aromatic nitrogens is 2. The van der Waals surface area contributed by atoms with Gasteiger partial charge in [-0.05, 0) is 25.8 Å². The largest absolute Gasteiger partial charge is 0.384 e.